The maximum absolute atomic E-state index is 8.11. The lowest BCUT2D eigenvalue weighted by molar-refractivity contribution is 0.587. The first-order valence-corrected chi connectivity index (χ1v) is 2.30. The minimum absolute atomic E-state index is 0.400. The van der Waals surface area contributed by atoms with Crippen LogP contribution in [-0.4, -0.2) is 31.9 Å². The first kappa shape index (κ1) is 6.96. The van der Waals surface area contributed by atoms with Crippen molar-refractivity contribution in [1.29, 1.82) is 5.26 Å². The smallest absolute Gasteiger partial charge is 0.106 e. The highest BCUT2D eigenvalue weighted by molar-refractivity contribution is 5.54. The molecule has 0 amide bonds. The molecule has 0 fully saturated rings. The van der Waals surface area contributed by atoms with Crippen molar-refractivity contribution in [2.45, 2.75) is 0 Å². The van der Waals surface area contributed by atoms with Gasteiger partial charge in [0, 0.05) is 14.1 Å². The lowest BCUT2D eigenvalue weighted by atomic mass is 10.7. The summed E-state index contributed by atoms with van der Waals surface area (Å²) >= 11 is 0. The molecule has 0 saturated heterocycles. The fraction of sp³-hybridized carbons (Fsp3) is 0.600. The summed E-state index contributed by atoms with van der Waals surface area (Å²) in [6.07, 6.45) is 1.61. The zero-order valence-electron chi connectivity index (χ0n) is 5.13. The Bertz CT molecular complexity index is 111. The first-order chi connectivity index (χ1) is 3.81. The average Bonchev–Trinajstić information content (AvgIpc) is 1.68. The highest BCUT2D eigenvalue weighted by Crippen LogP contribution is 1.70. The van der Waals surface area contributed by atoms with Crippen molar-refractivity contribution >= 4 is 6.34 Å². The molecule has 0 spiro atoms. The third-order valence-electron chi connectivity index (χ3n) is 0.633. The van der Waals surface area contributed by atoms with Crippen molar-refractivity contribution in [2.24, 2.45) is 4.99 Å². The summed E-state index contributed by atoms with van der Waals surface area (Å²) in [7, 11) is 3.48. The zero-order valence-corrected chi connectivity index (χ0v) is 5.13. The molecular weight excluding hydrogens is 102 g/mol. The van der Waals surface area contributed by atoms with E-state index < -0.39 is 0 Å². The molecule has 0 unspecified atom stereocenters. The fourth-order valence-electron chi connectivity index (χ4n) is 0.349. The Morgan fingerprint density at radius 3 is 2.88 bits per heavy atom. The fourth-order valence-corrected chi connectivity index (χ4v) is 0.349. The van der Waals surface area contributed by atoms with Crippen LogP contribution in [0.3, 0.4) is 0 Å². The highest BCUT2D eigenvalue weighted by atomic mass is 15.1. The lowest BCUT2D eigenvalue weighted by Gasteiger charge is -2.03. The van der Waals surface area contributed by atoms with Gasteiger partial charge in [0.1, 0.15) is 6.54 Å². The molecule has 3 nitrogen and oxygen atoms in total. The molecule has 0 radical (unpaired) electrons. The number of rotatable bonds is 2. The van der Waals surface area contributed by atoms with Gasteiger partial charge in [0.05, 0.1) is 12.4 Å². The van der Waals surface area contributed by atoms with Crippen molar-refractivity contribution in [2.75, 3.05) is 20.6 Å². The van der Waals surface area contributed by atoms with Crippen molar-refractivity contribution in [3.63, 3.8) is 0 Å². The third kappa shape index (κ3) is 3.16. The van der Waals surface area contributed by atoms with Crippen LogP contribution < -0.4 is 0 Å². The van der Waals surface area contributed by atoms with Gasteiger partial charge in [-0.25, -0.2) is 0 Å². The summed E-state index contributed by atoms with van der Waals surface area (Å²) in [5.41, 5.74) is 0. The Kier molecular flexibility index (Phi) is 3.59. The molecule has 0 aliphatic rings. The lowest BCUT2D eigenvalue weighted by Crippen LogP contribution is -2.15. The third-order valence-corrected chi connectivity index (χ3v) is 0.633. The van der Waals surface area contributed by atoms with E-state index in [0.717, 1.165) is 0 Å². The Labute approximate surface area is 49.2 Å². The van der Waals surface area contributed by atoms with E-state index in [4.69, 9.17) is 5.26 Å². The summed E-state index contributed by atoms with van der Waals surface area (Å²) in [5, 5.41) is 8.11. The van der Waals surface area contributed by atoms with Crippen LogP contribution in [0.4, 0.5) is 0 Å². The molecule has 44 valence electrons. The SMILES string of the molecule is C/N=C\N(C)CC#N. The Morgan fingerprint density at radius 2 is 2.50 bits per heavy atom. The summed E-state index contributed by atoms with van der Waals surface area (Å²) in [6.45, 7) is 0.400. The van der Waals surface area contributed by atoms with E-state index in [0.29, 0.717) is 6.54 Å². The molecule has 0 saturated carbocycles. The van der Waals surface area contributed by atoms with Gasteiger partial charge in [0.2, 0.25) is 0 Å². The molecule has 0 rings (SSSR count). The van der Waals surface area contributed by atoms with Crippen molar-refractivity contribution < 1.29 is 0 Å². The van der Waals surface area contributed by atoms with Gasteiger partial charge in [-0.05, 0) is 0 Å². The van der Waals surface area contributed by atoms with Gasteiger partial charge in [-0.1, -0.05) is 0 Å². The van der Waals surface area contributed by atoms with Gasteiger partial charge in [-0.3, -0.25) is 4.99 Å². The van der Waals surface area contributed by atoms with E-state index >= 15 is 0 Å². The standard InChI is InChI=1S/C5H9N3/c1-7-5-8(2)4-3-6/h5H,4H2,1-2H3/b7-5-. The quantitative estimate of drug-likeness (QED) is 0.288. The van der Waals surface area contributed by atoms with Crippen molar-refractivity contribution in [3.05, 3.63) is 0 Å². The van der Waals surface area contributed by atoms with Gasteiger partial charge in [-0.15, -0.1) is 0 Å². The second-order valence-corrected chi connectivity index (χ2v) is 1.45. The minimum Gasteiger partial charge on any atom is -0.353 e. The molecule has 0 heterocycles. The molecule has 0 N–H and O–H groups in total. The molecule has 0 aromatic heterocycles. The molecule has 8 heavy (non-hydrogen) atoms. The van der Waals surface area contributed by atoms with E-state index in [1.807, 2.05) is 6.07 Å². The Balaban J connectivity index is 3.36. The van der Waals surface area contributed by atoms with E-state index in [-0.39, 0.29) is 0 Å². The number of nitrogens with zero attached hydrogens (tertiary/aromatic N) is 3. The van der Waals surface area contributed by atoms with E-state index in [9.17, 15) is 0 Å². The van der Waals surface area contributed by atoms with Crippen molar-refractivity contribution in [3.8, 4) is 6.07 Å². The molecular formula is C5H9N3. The maximum Gasteiger partial charge on any atom is 0.106 e. The number of hydrogen-bond acceptors (Lipinski definition) is 2. The number of nitriles is 1. The molecule has 0 aliphatic heterocycles. The summed E-state index contributed by atoms with van der Waals surface area (Å²) in [4.78, 5) is 5.41. The first-order valence-electron chi connectivity index (χ1n) is 2.30. The maximum atomic E-state index is 8.11. The van der Waals surface area contributed by atoms with Crippen LogP contribution >= 0.6 is 0 Å². The molecule has 0 aliphatic carbocycles. The highest BCUT2D eigenvalue weighted by Gasteiger charge is 1.83. The molecule has 0 atom stereocenters. The molecule has 0 aromatic rings. The van der Waals surface area contributed by atoms with Crippen LogP contribution in [0, 0.1) is 11.3 Å². The van der Waals surface area contributed by atoms with Gasteiger partial charge in [0.25, 0.3) is 0 Å². The van der Waals surface area contributed by atoms with Crippen LogP contribution in [0.15, 0.2) is 4.99 Å². The molecule has 0 bridgehead atoms. The summed E-state index contributed by atoms with van der Waals surface area (Å²) in [5.74, 6) is 0. The van der Waals surface area contributed by atoms with Gasteiger partial charge in [-0.2, -0.15) is 5.26 Å². The molecule has 3 heteroatoms. The van der Waals surface area contributed by atoms with Crippen molar-refractivity contribution in [1.82, 2.24) is 4.90 Å². The van der Waals surface area contributed by atoms with Crippen LogP contribution in [0.2, 0.25) is 0 Å². The van der Waals surface area contributed by atoms with Crippen LogP contribution in [0.25, 0.3) is 0 Å². The largest absolute Gasteiger partial charge is 0.353 e. The van der Waals surface area contributed by atoms with E-state index in [1.165, 1.54) is 0 Å². The van der Waals surface area contributed by atoms with Gasteiger partial charge >= 0.3 is 0 Å². The Hall–Kier alpha value is -1.04. The normalized spacial score (nSPS) is 9.12. The summed E-state index contributed by atoms with van der Waals surface area (Å²) in [6, 6.07) is 1.99. The van der Waals surface area contributed by atoms with E-state index in [2.05, 4.69) is 4.99 Å². The monoisotopic (exact) mass is 111 g/mol. The zero-order chi connectivity index (χ0) is 6.41. The van der Waals surface area contributed by atoms with Crippen LogP contribution in [0.5, 0.6) is 0 Å². The second-order valence-electron chi connectivity index (χ2n) is 1.45. The topological polar surface area (TPSA) is 39.4 Å². The van der Waals surface area contributed by atoms with E-state index in [1.54, 1.807) is 25.3 Å². The number of hydrogen-bond donors (Lipinski definition) is 0. The average molecular weight is 111 g/mol. The predicted molar refractivity (Wildman–Crippen MR) is 32.7 cm³/mol. The van der Waals surface area contributed by atoms with Crippen LogP contribution in [0.1, 0.15) is 0 Å². The van der Waals surface area contributed by atoms with Gasteiger partial charge in [0.15, 0.2) is 0 Å². The number of aliphatic imine (C=N–C) groups is 1. The van der Waals surface area contributed by atoms with Crippen LogP contribution in [-0.2, 0) is 0 Å². The summed E-state index contributed by atoms with van der Waals surface area (Å²) < 4.78 is 0. The second kappa shape index (κ2) is 4.13. The molecule has 0 aromatic carbocycles. The van der Waals surface area contributed by atoms with Gasteiger partial charge < -0.3 is 4.90 Å². The predicted octanol–water partition coefficient (Wildman–Crippen LogP) is 0.0999. The minimum atomic E-state index is 0.400. The Morgan fingerprint density at radius 1 is 1.88 bits per heavy atom.